The first kappa shape index (κ1) is 17.3. The van der Waals surface area contributed by atoms with Gasteiger partial charge in [-0.15, -0.1) is 0 Å². The maximum absolute atomic E-state index is 12.0. The molecule has 27 heavy (non-hydrogen) atoms. The van der Waals surface area contributed by atoms with Crippen LogP contribution in [0.1, 0.15) is 11.1 Å². The van der Waals surface area contributed by atoms with Crippen LogP contribution in [0.5, 0.6) is 0 Å². The first-order valence-corrected chi connectivity index (χ1v) is 7.54. The molecule has 0 fully saturated rings. The molecule has 0 spiro atoms. The van der Waals surface area contributed by atoms with Gasteiger partial charge in [0.15, 0.2) is 0 Å². The van der Waals surface area contributed by atoms with Crippen molar-refractivity contribution >= 4 is 11.5 Å². The van der Waals surface area contributed by atoms with Crippen molar-refractivity contribution < 1.29 is 4.92 Å². The first-order chi connectivity index (χ1) is 13.0. The molecule has 9 heteroatoms. The quantitative estimate of drug-likeness (QED) is 0.536. The van der Waals surface area contributed by atoms with Gasteiger partial charge in [-0.1, -0.05) is 24.3 Å². The highest BCUT2D eigenvalue weighted by Gasteiger charge is 2.19. The van der Waals surface area contributed by atoms with E-state index in [-0.39, 0.29) is 33.9 Å². The number of benzene rings is 1. The van der Waals surface area contributed by atoms with E-state index in [2.05, 4.69) is 9.97 Å². The fourth-order valence-electron chi connectivity index (χ4n) is 2.69. The van der Waals surface area contributed by atoms with Crippen molar-refractivity contribution in [3.8, 4) is 34.5 Å². The van der Waals surface area contributed by atoms with Crippen molar-refractivity contribution in [2.75, 3.05) is 5.73 Å². The summed E-state index contributed by atoms with van der Waals surface area (Å²) in [6, 6.07) is 12.7. The van der Waals surface area contributed by atoms with E-state index in [4.69, 9.17) is 5.73 Å². The lowest BCUT2D eigenvalue weighted by Gasteiger charge is -2.09. The second-order valence-corrected chi connectivity index (χ2v) is 5.42. The average molecular weight is 358 g/mol. The zero-order chi connectivity index (χ0) is 19.6. The molecule has 3 N–H and O–H groups in total. The van der Waals surface area contributed by atoms with Gasteiger partial charge in [0.1, 0.15) is 34.8 Å². The molecule has 0 aliphatic heterocycles. The monoisotopic (exact) mass is 358 g/mol. The van der Waals surface area contributed by atoms with Gasteiger partial charge in [-0.25, -0.2) is 4.98 Å². The standard InChI is InChI=1S/C18H10N6O3/c19-8-12-15(13(9-20)18(25)23-17(12)21)10-3-5-11(6-4-10)16-14(24(26)27)2-1-7-22-16/h1-7H,(H3,21,23,25). The molecule has 130 valence electrons. The van der Waals surface area contributed by atoms with Crippen LogP contribution in [0.25, 0.3) is 22.4 Å². The molecule has 2 heterocycles. The molecular formula is C18H10N6O3. The van der Waals surface area contributed by atoms with E-state index in [0.29, 0.717) is 11.1 Å². The van der Waals surface area contributed by atoms with Crippen molar-refractivity contribution in [3.63, 3.8) is 0 Å². The fraction of sp³-hybridized carbons (Fsp3) is 0. The number of H-pyrrole nitrogens is 1. The highest BCUT2D eigenvalue weighted by Crippen LogP contribution is 2.32. The van der Waals surface area contributed by atoms with Gasteiger partial charge in [-0.2, -0.15) is 10.5 Å². The number of aromatic amines is 1. The fourth-order valence-corrected chi connectivity index (χ4v) is 2.69. The summed E-state index contributed by atoms with van der Waals surface area (Å²) in [5.74, 6) is -0.138. The topological polar surface area (TPSA) is 162 Å². The third-order valence-corrected chi connectivity index (χ3v) is 3.90. The van der Waals surface area contributed by atoms with Gasteiger partial charge in [-0.3, -0.25) is 14.9 Å². The number of aromatic nitrogens is 2. The molecule has 3 aromatic rings. The van der Waals surface area contributed by atoms with Crippen LogP contribution in [0, 0.1) is 32.8 Å². The summed E-state index contributed by atoms with van der Waals surface area (Å²) in [7, 11) is 0. The molecule has 0 atom stereocenters. The number of pyridine rings is 2. The highest BCUT2D eigenvalue weighted by atomic mass is 16.6. The summed E-state index contributed by atoms with van der Waals surface area (Å²) in [5, 5.41) is 29.8. The molecule has 0 saturated carbocycles. The third kappa shape index (κ3) is 2.97. The van der Waals surface area contributed by atoms with Gasteiger partial charge >= 0.3 is 0 Å². The molecule has 0 bridgehead atoms. The van der Waals surface area contributed by atoms with Crippen molar-refractivity contribution in [2.24, 2.45) is 0 Å². The number of rotatable bonds is 3. The summed E-state index contributed by atoms with van der Waals surface area (Å²) in [6.07, 6.45) is 1.44. The van der Waals surface area contributed by atoms with Crippen molar-refractivity contribution in [2.45, 2.75) is 0 Å². The van der Waals surface area contributed by atoms with Gasteiger partial charge in [0.2, 0.25) is 0 Å². The molecule has 0 radical (unpaired) electrons. The molecule has 0 unspecified atom stereocenters. The van der Waals surface area contributed by atoms with Crippen molar-refractivity contribution in [1.29, 1.82) is 10.5 Å². The van der Waals surface area contributed by atoms with Crippen LogP contribution in [-0.2, 0) is 0 Å². The third-order valence-electron chi connectivity index (χ3n) is 3.90. The Balaban J connectivity index is 2.19. The van der Waals surface area contributed by atoms with Crippen LogP contribution in [-0.4, -0.2) is 14.9 Å². The Kier molecular flexibility index (Phi) is 4.35. The van der Waals surface area contributed by atoms with E-state index in [1.165, 1.54) is 18.3 Å². The molecule has 2 aromatic heterocycles. The molecule has 0 saturated heterocycles. The van der Waals surface area contributed by atoms with Gasteiger partial charge in [0, 0.05) is 23.4 Å². The molecular weight excluding hydrogens is 348 g/mol. The maximum Gasteiger partial charge on any atom is 0.295 e. The minimum absolute atomic E-state index is 0.0253. The second-order valence-electron chi connectivity index (χ2n) is 5.42. The van der Waals surface area contributed by atoms with Crippen LogP contribution in [0.15, 0.2) is 47.4 Å². The van der Waals surface area contributed by atoms with Crippen LogP contribution >= 0.6 is 0 Å². The van der Waals surface area contributed by atoms with E-state index < -0.39 is 10.5 Å². The number of nitrogen functional groups attached to an aromatic ring is 1. The number of nitrogens with zero attached hydrogens (tertiary/aromatic N) is 4. The Hall–Kier alpha value is -4.50. The minimum atomic E-state index is -0.701. The van der Waals surface area contributed by atoms with E-state index in [1.54, 1.807) is 30.3 Å². The minimum Gasteiger partial charge on any atom is -0.384 e. The SMILES string of the molecule is N#Cc1c(N)[nH]c(=O)c(C#N)c1-c1ccc(-c2ncccc2[N+](=O)[O-])cc1. The van der Waals surface area contributed by atoms with Crippen molar-refractivity contribution in [3.05, 3.63) is 74.2 Å². The predicted octanol–water partition coefficient (Wildman–Crippen LogP) is 2.34. The Labute approximate surface area is 152 Å². The molecule has 0 aliphatic carbocycles. The van der Waals surface area contributed by atoms with Crippen LogP contribution in [0.3, 0.4) is 0 Å². The number of hydrogen-bond donors (Lipinski definition) is 2. The van der Waals surface area contributed by atoms with E-state index in [1.807, 2.05) is 6.07 Å². The lowest BCUT2D eigenvalue weighted by atomic mass is 9.95. The lowest BCUT2D eigenvalue weighted by Crippen LogP contribution is -2.16. The zero-order valence-electron chi connectivity index (χ0n) is 13.6. The highest BCUT2D eigenvalue weighted by molar-refractivity contribution is 5.81. The van der Waals surface area contributed by atoms with Gasteiger partial charge in [0.25, 0.3) is 11.2 Å². The Morgan fingerprint density at radius 3 is 2.30 bits per heavy atom. The smallest absolute Gasteiger partial charge is 0.295 e. The number of nitro groups is 1. The van der Waals surface area contributed by atoms with E-state index in [0.717, 1.165) is 0 Å². The molecule has 0 amide bonds. The van der Waals surface area contributed by atoms with E-state index >= 15 is 0 Å². The molecule has 0 aliphatic rings. The maximum atomic E-state index is 12.0. The molecule has 1 aromatic carbocycles. The average Bonchev–Trinajstić information content (AvgIpc) is 2.67. The van der Waals surface area contributed by atoms with Gasteiger partial charge < -0.3 is 10.7 Å². The van der Waals surface area contributed by atoms with Gasteiger partial charge in [-0.05, 0) is 11.6 Å². The normalized spacial score (nSPS) is 10.0. The summed E-state index contributed by atoms with van der Waals surface area (Å²) in [5.41, 5.74) is 5.75. The number of nitrogens with one attached hydrogen (secondary N) is 1. The molecule has 3 rings (SSSR count). The largest absolute Gasteiger partial charge is 0.384 e. The predicted molar refractivity (Wildman–Crippen MR) is 96.2 cm³/mol. The number of nitriles is 2. The van der Waals surface area contributed by atoms with Crippen LogP contribution < -0.4 is 11.3 Å². The second kappa shape index (κ2) is 6.78. The van der Waals surface area contributed by atoms with Crippen LogP contribution in [0.4, 0.5) is 11.5 Å². The Bertz CT molecular complexity index is 1200. The van der Waals surface area contributed by atoms with Crippen LogP contribution in [0.2, 0.25) is 0 Å². The number of anilines is 1. The summed E-state index contributed by atoms with van der Waals surface area (Å²) < 4.78 is 0. The van der Waals surface area contributed by atoms with Crippen molar-refractivity contribution in [1.82, 2.24) is 9.97 Å². The summed E-state index contributed by atoms with van der Waals surface area (Å²) in [6.45, 7) is 0. The van der Waals surface area contributed by atoms with E-state index in [9.17, 15) is 25.4 Å². The molecule has 9 nitrogen and oxygen atoms in total. The van der Waals surface area contributed by atoms with Gasteiger partial charge in [0.05, 0.1) is 4.92 Å². The first-order valence-electron chi connectivity index (χ1n) is 7.54. The number of hydrogen-bond acceptors (Lipinski definition) is 7. The Morgan fingerprint density at radius 2 is 1.70 bits per heavy atom. The summed E-state index contributed by atoms with van der Waals surface area (Å²) in [4.78, 5) is 28.9. The summed E-state index contributed by atoms with van der Waals surface area (Å²) >= 11 is 0. The number of nitrogens with two attached hydrogens (primary N) is 1. The zero-order valence-corrected chi connectivity index (χ0v) is 13.6. The Morgan fingerprint density at radius 1 is 1.07 bits per heavy atom. The lowest BCUT2D eigenvalue weighted by molar-refractivity contribution is -0.384.